The summed E-state index contributed by atoms with van der Waals surface area (Å²) in [5.74, 6) is -3.18. The zero-order chi connectivity index (χ0) is 17.5. The lowest BCUT2D eigenvalue weighted by molar-refractivity contribution is -0.274. The highest BCUT2D eigenvalue weighted by atomic mass is 19.4. The van der Waals surface area contributed by atoms with Crippen LogP contribution >= 0.6 is 0 Å². The predicted octanol–water partition coefficient (Wildman–Crippen LogP) is 5.20. The van der Waals surface area contributed by atoms with Gasteiger partial charge in [0.05, 0.1) is 0 Å². The summed E-state index contributed by atoms with van der Waals surface area (Å²) in [6, 6.07) is 8.80. The normalized spacial score (nSPS) is 18.5. The fraction of sp³-hybridized carbons (Fsp3) is 0.294. The van der Waals surface area contributed by atoms with Crippen LogP contribution in [-0.2, 0) is 5.92 Å². The Kier molecular flexibility index (Phi) is 3.97. The zero-order valence-corrected chi connectivity index (χ0v) is 12.6. The molecule has 1 heterocycles. The van der Waals surface area contributed by atoms with Crippen molar-refractivity contribution in [2.45, 2.75) is 31.5 Å². The van der Waals surface area contributed by atoms with Crippen LogP contribution in [-0.4, -0.2) is 11.3 Å². The van der Waals surface area contributed by atoms with Crippen molar-refractivity contribution < 1.29 is 26.7 Å². The van der Waals surface area contributed by atoms with E-state index in [9.17, 15) is 22.0 Å². The second-order valence-electron chi connectivity index (χ2n) is 5.66. The topological polar surface area (TPSA) is 22.1 Å². The first-order valence-electron chi connectivity index (χ1n) is 7.21. The van der Waals surface area contributed by atoms with Crippen LogP contribution in [0.1, 0.15) is 36.1 Å². The van der Waals surface area contributed by atoms with Gasteiger partial charge in [0.25, 0.3) is 5.92 Å². The van der Waals surface area contributed by atoms with Gasteiger partial charge in [-0.1, -0.05) is 24.3 Å². The van der Waals surface area contributed by atoms with Gasteiger partial charge in [-0.25, -0.2) is 0 Å². The van der Waals surface area contributed by atoms with E-state index in [2.05, 4.69) is 9.72 Å². The summed E-state index contributed by atoms with van der Waals surface area (Å²) in [6.07, 6.45) is -3.14. The molecular weight excluding hydrogens is 329 g/mol. The first kappa shape index (κ1) is 16.7. The SMILES string of the molecule is CC(F)(F)c1ncccc1[C]1CC1c1ccccc1OC(F)(F)F. The van der Waals surface area contributed by atoms with E-state index >= 15 is 0 Å². The molecule has 0 bridgehead atoms. The molecule has 0 amide bonds. The van der Waals surface area contributed by atoms with E-state index in [0.717, 1.165) is 6.92 Å². The molecule has 2 aromatic rings. The number of para-hydroxylation sites is 1. The second kappa shape index (κ2) is 5.72. The number of pyridine rings is 1. The Bertz CT molecular complexity index is 738. The summed E-state index contributed by atoms with van der Waals surface area (Å²) in [5, 5.41) is 0. The van der Waals surface area contributed by atoms with E-state index in [-0.39, 0.29) is 22.9 Å². The number of aromatic nitrogens is 1. The molecule has 7 heteroatoms. The van der Waals surface area contributed by atoms with Gasteiger partial charge in [-0.3, -0.25) is 4.98 Å². The van der Waals surface area contributed by atoms with Crippen molar-refractivity contribution >= 4 is 0 Å². The first-order chi connectivity index (χ1) is 11.2. The third kappa shape index (κ3) is 3.49. The van der Waals surface area contributed by atoms with Crippen LogP contribution < -0.4 is 4.74 Å². The van der Waals surface area contributed by atoms with E-state index in [0.29, 0.717) is 17.9 Å². The molecule has 24 heavy (non-hydrogen) atoms. The zero-order valence-electron chi connectivity index (χ0n) is 12.6. The molecule has 3 rings (SSSR count). The fourth-order valence-corrected chi connectivity index (χ4v) is 2.76. The maximum absolute atomic E-state index is 13.7. The van der Waals surface area contributed by atoms with Gasteiger partial charge in [0.15, 0.2) is 0 Å². The van der Waals surface area contributed by atoms with E-state index in [1.807, 2.05) is 0 Å². The van der Waals surface area contributed by atoms with Gasteiger partial charge in [0.1, 0.15) is 11.4 Å². The van der Waals surface area contributed by atoms with Crippen LogP contribution in [0, 0.1) is 5.92 Å². The molecular formula is C17H13F5NO. The molecule has 1 aromatic carbocycles. The molecule has 1 aliphatic rings. The lowest BCUT2D eigenvalue weighted by atomic mass is 10.0. The summed E-state index contributed by atoms with van der Waals surface area (Å²) in [5.41, 5.74) is 0.257. The Balaban J connectivity index is 1.90. The fourth-order valence-electron chi connectivity index (χ4n) is 2.76. The first-order valence-corrected chi connectivity index (χ1v) is 7.21. The predicted molar refractivity (Wildman–Crippen MR) is 76.6 cm³/mol. The summed E-state index contributed by atoms with van der Waals surface area (Å²) < 4.78 is 68.9. The highest BCUT2D eigenvalue weighted by molar-refractivity contribution is 5.55. The second-order valence-corrected chi connectivity index (χ2v) is 5.66. The van der Waals surface area contributed by atoms with Gasteiger partial charge in [-0.2, -0.15) is 8.78 Å². The summed E-state index contributed by atoms with van der Waals surface area (Å²) in [4.78, 5) is 3.74. The minimum absolute atomic E-state index is 0.289. The minimum atomic E-state index is -4.80. The molecule has 0 saturated heterocycles. The van der Waals surface area contributed by atoms with Crippen molar-refractivity contribution in [1.29, 1.82) is 0 Å². The minimum Gasteiger partial charge on any atom is -0.405 e. The standard InChI is InChI=1S/C17H13F5NO/c1-16(18,19)15-11(6-4-8-23-15)13-9-12(13)10-5-2-3-7-14(10)24-17(20,21)22/h2-8,12H,9H2,1H3. The smallest absolute Gasteiger partial charge is 0.405 e. The average Bonchev–Trinajstić information content (AvgIpc) is 3.25. The van der Waals surface area contributed by atoms with E-state index < -0.39 is 12.3 Å². The number of halogens is 5. The number of hydrogen-bond donors (Lipinski definition) is 0. The van der Waals surface area contributed by atoms with Crippen molar-refractivity contribution in [3.8, 4) is 5.75 Å². The number of ether oxygens (including phenoxy) is 1. The molecule has 0 aliphatic heterocycles. The number of alkyl halides is 5. The van der Waals surface area contributed by atoms with E-state index in [1.165, 1.54) is 36.5 Å². The number of benzene rings is 1. The number of rotatable bonds is 4. The Morgan fingerprint density at radius 2 is 1.75 bits per heavy atom. The van der Waals surface area contributed by atoms with E-state index in [4.69, 9.17) is 0 Å². The van der Waals surface area contributed by atoms with Crippen LogP contribution in [0.5, 0.6) is 5.75 Å². The highest BCUT2D eigenvalue weighted by Crippen LogP contribution is 2.57. The molecule has 1 saturated carbocycles. The Hall–Kier alpha value is -2.18. The third-order valence-electron chi connectivity index (χ3n) is 3.77. The lowest BCUT2D eigenvalue weighted by Gasteiger charge is -2.15. The Morgan fingerprint density at radius 3 is 2.42 bits per heavy atom. The van der Waals surface area contributed by atoms with Crippen molar-refractivity contribution in [3.05, 3.63) is 65.3 Å². The Morgan fingerprint density at radius 1 is 1.04 bits per heavy atom. The van der Waals surface area contributed by atoms with Crippen LogP contribution in [0.25, 0.3) is 0 Å². The van der Waals surface area contributed by atoms with Gasteiger partial charge in [0.2, 0.25) is 0 Å². The maximum Gasteiger partial charge on any atom is 0.573 e. The number of nitrogens with zero attached hydrogens (tertiary/aromatic N) is 1. The largest absolute Gasteiger partial charge is 0.573 e. The van der Waals surface area contributed by atoms with Gasteiger partial charge in [-0.15, -0.1) is 13.2 Å². The monoisotopic (exact) mass is 342 g/mol. The van der Waals surface area contributed by atoms with Gasteiger partial charge in [0, 0.05) is 19.0 Å². The molecule has 1 unspecified atom stereocenters. The van der Waals surface area contributed by atoms with Crippen LogP contribution in [0.3, 0.4) is 0 Å². The third-order valence-corrected chi connectivity index (χ3v) is 3.77. The van der Waals surface area contributed by atoms with Crippen molar-refractivity contribution in [1.82, 2.24) is 4.98 Å². The molecule has 1 aliphatic carbocycles. The summed E-state index contributed by atoms with van der Waals surface area (Å²) in [7, 11) is 0. The molecule has 2 nitrogen and oxygen atoms in total. The van der Waals surface area contributed by atoms with Gasteiger partial charge < -0.3 is 4.74 Å². The van der Waals surface area contributed by atoms with Gasteiger partial charge in [-0.05, 0) is 35.6 Å². The number of hydrogen-bond acceptors (Lipinski definition) is 2. The highest BCUT2D eigenvalue weighted by Gasteiger charge is 2.46. The quantitative estimate of drug-likeness (QED) is 0.712. The lowest BCUT2D eigenvalue weighted by Crippen LogP contribution is -2.18. The summed E-state index contributed by atoms with van der Waals surface area (Å²) >= 11 is 0. The van der Waals surface area contributed by atoms with Gasteiger partial charge >= 0.3 is 6.36 Å². The van der Waals surface area contributed by atoms with Crippen molar-refractivity contribution in [2.24, 2.45) is 0 Å². The summed E-state index contributed by atoms with van der Waals surface area (Å²) in [6.45, 7) is 0.748. The molecule has 127 valence electrons. The van der Waals surface area contributed by atoms with Crippen LogP contribution in [0.15, 0.2) is 42.6 Å². The average molecular weight is 342 g/mol. The molecule has 0 spiro atoms. The van der Waals surface area contributed by atoms with E-state index in [1.54, 1.807) is 6.07 Å². The molecule has 1 radical (unpaired) electrons. The van der Waals surface area contributed by atoms with Crippen LogP contribution in [0.2, 0.25) is 0 Å². The Labute approximate surface area is 135 Å². The van der Waals surface area contributed by atoms with Crippen LogP contribution in [0.4, 0.5) is 22.0 Å². The molecule has 1 atom stereocenters. The maximum atomic E-state index is 13.7. The van der Waals surface area contributed by atoms with Crippen molar-refractivity contribution in [3.63, 3.8) is 0 Å². The molecule has 1 fully saturated rings. The molecule has 0 N–H and O–H groups in total. The van der Waals surface area contributed by atoms with Crippen molar-refractivity contribution in [2.75, 3.05) is 0 Å². The molecule has 1 aromatic heterocycles.